The number of hydrogen-bond acceptors (Lipinski definition) is 1. The lowest BCUT2D eigenvalue weighted by Gasteiger charge is -2.04. The van der Waals surface area contributed by atoms with Crippen molar-refractivity contribution in [1.29, 1.82) is 0 Å². The Bertz CT molecular complexity index is 688. The van der Waals surface area contributed by atoms with Crippen LogP contribution in [-0.4, -0.2) is 0 Å². The molecule has 0 aliphatic rings. The molecule has 0 aliphatic heterocycles. The molecule has 84 valence electrons. The van der Waals surface area contributed by atoms with E-state index in [2.05, 4.69) is 0 Å². The van der Waals surface area contributed by atoms with Crippen LogP contribution in [0.3, 0.4) is 0 Å². The molecule has 0 atom stereocenters. The number of rotatable bonds is 1. The number of furan rings is 1. The van der Waals surface area contributed by atoms with Gasteiger partial charge in [0.1, 0.15) is 11.4 Å². The van der Waals surface area contributed by atoms with E-state index >= 15 is 0 Å². The average Bonchev–Trinajstić information content (AvgIpc) is 2.76. The maximum absolute atomic E-state index is 13.8. The summed E-state index contributed by atoms with van der Waals surface area (Å²) in [6.45, 7) is 0. The molecule has 2 aromatic carbocycles. The van der Waals surface area contributed by atoms with Crippen molar-refractivity contribution in [3.05, 3.63) is 59.6 Å². The zero-order chi connectivity index (χ0) is 11.8. The molecule has 0 N–H and O–H groups in total. The van der Waals surface area contributed by atoms with Gasteiger partial charge in [-0.3, -0.25) is 0 Å². The van der Waals surface area contributed by atoms with Crippen molar-refractivity contribution < 1.29 is 8.81 Å². The van der Waals surface area contributed by atoms with Gasteiger partial charge in [-0.1, -0.05) is 29.8 Å². The van der Waals surface area contributed by atoms with Gasteiger partial charge in [-0.25, -0.2) is 4.39 Å². The molecule has 3 heteroatoms. The third-order valence-corrected chi connectivity index (χ3v) is 2.90. The highest BCUT2D eigenvalue weighted by molar-refractivity contribution is 6.31. The van der Waals surface area contributed by atoms with E-state index in [9.17, 15) is 4.39 Å². The summed E-state index contributed by atoms with van der Waals surface area (Å²) < 4.78 is 19.1. The predicted molar refractivity (Wildman–Crippen MR) is 66.6 cm³/mol. The first-order chi connectivity index (χ1) is 8.25. The van der Waals surface area contributed by atoms with Gasteiger partial charge in [0.15, 0.2) is 0 Å². The zero-order valence-corrected chi connectivity index (χ0v) is 9.54. The summed E-state index contributed by atoms with van der Waals surface area (Å²) in [6, 6.07) is 11.9. The van der Waals surface area contributed by atoms with Crippen LogP contribution in [0.5, 0.6) is 0 Å². The van der Waals surface area contributed by atoms with Crippen molar-refractivity contribution in [3.8, 4) is 11.1 Å². The van der Waals surface area contributed by atoms with Crippen LogP contribution in [0.1, 0.15) is 0 Å². The second-order valence-electron chi connectivity index (χ2n) is 3.77. The van der Waals surface area contributed by atoms with E-state index in [0.29, 0.717) is 21.7 Å². The molecule has 17 heavy (non-hydrogen) atoms. The summed E-state index contributed by atoms with van der Waals surface area (Å²) in [5.74, 6) is -0.285. The van der Waals surface area contributed by atoms with Gasteiger partial charge in [-0.15, -0.1) is 0 Å². The lowest BCUT2D eigenvalue weighted by molar-refractivity contribution is 0.613. The van der Waals surface area contributed by atoms with E-state index in [0.717, 1.165) is 5.39 Å². The summed E-state index contributed by atoms with van der Waals surface area (Å²) in [5, 5.41) is 1.44. The lowest BCUT2D eigenvalue weighted by Crippen LogP contribution is -1.84. The molecule has 0 aliphatic carbocycles. The maximum atomic E-state index is 13.8. The van der Waals surface area contributed by atoms with E-state index in [4.69, 9.17) is 16.0 Å². The summed E-state index contributed by atoms with van der Waals surface area (Å²) >= 11 is 6.02. The SMILES string of the molecule is Fc1ccccc1-c1cc(Cl)cc2ccoc12. The number of benzene rings is 2. The van der Waals surface area contributed by atoms with Crippen LogP contribution in [0.4, 0.5) is 4.39 Å². The first kappa shape index (κ1) is 10.4. The Hall–Kier alpha value is -1.80. The van der Waals surface area contributed by atoms with Crippen LogP contribution in [0.25, 0.3) is 22.1 Å². The fourth-order valence-electron chi connectivity index (χ4n) is 1.93. The highest BCUT2D eigenvalue weighted by atomic mass is 35.5. The molecule has 0 saturated heterocycles. The molecular formula is C14H8ClFO. The Morgan fingerprint density at radius 1 is 1.00 bits per heavy atom. The standard InChI is InChI=1S/C14H8ClFO/c15-10-7-9-5-6-17-14(9)12(8-10)11-3-1-2-4-13(11)16/h1-8H. The minimum Gasteiger partial charge on any atom is -0.464 e. The third-order valence-electron chi connectivity index (χ3n) is 2.68. The van der Waals surface area contributed by atoms with Crippen LogP contribution >= 0.6 is 11.6 Å². The summed E-state index contributed by atoms with van der Waals surface area (Å²) in [5.41, 5.74) is 1.82. The average molecular weight is 247 g/mol. The van der Waals surface area contributed by atoms with Crippen molar-refractivity contribution >= 4 is 22.6 Å². The molecule has 0 saturated carbocycles. The van der Waals surface area contributed by atoms with Crippen molar-refractivity contribution in [2.24, 2.45) is 0 Å². The molecule has 0 amide bonds. The Morgan fingerprint density at radius 3 is 2.65 bits per heavy atom. The highest BCUT2D eigenvalue weighted by Gasteiger charge is 2.11. The van der Waals surface area contributed by atoms with Crippen LogP contribution in [0, 0.1) is 5.82 Å². The summed E-state index contributed by atoms with van der Waals surface area (Å²) in [6.07, 6.45) is 1.57. The van der Waals surface area contributed by atoms with Gasteiger partial charge in [0.25, 0.3) is 0 Å². The van der Waals surface area contributed by atoms with Crippen molar-refractivity contribution in [2.45, 2.75) is 0 Å². The Balaban J connectivity index is 2.37. The zero-order valence-electron chi connectivity index (χ0n) is 8.78. The Morgan fingerprint density at radius 2 is 1.82 bits per heavy atom. The van der Waals surface area contributed by atoms with Gasteiger partial charge in [0.2, 0.25) is 0 Å². The molecule has 0 radical (unpaired) electrons. The number of halogens is 2. The second kappa shape index (κ2) is 3.90. The van der Waals surface area contributed by atoms with Gasteiger partial charge in [-0.2, -0.15) is 0 Å². The fourth-order valence-corrected chi connectivity index (χ4v) is 2.15. The van der Waals surface area contributed by atoms with Crippen molar-refractivity contribution in [3.63, 3.8) is 0 Å². The van der Waals surface area contributed by atoms with Gasteiger partial charge < -0.3 is 4.42 Å². The van der Waals surface area contributed by atoms with E-state index in [-0.39, 0.29) is 5.82 Å². The van der Waals surface area contributed by atoms with Crippen LogP contribution in [-0.2, 0) is 0 Å². The quantitative estimate of drug-likeness (QED) is 0.596. The highest BCUT2D eigenvalue weighted by Crippen LogP contribution is 2.33. The predicted octanol–water partition coefficient (Wildman–Crippen LogP) is 4.89. The van der Waals surface area contributed by atoms with Gasteiger partial charge in [0.05, 0.1) is 6.26 Å². The first-order valence-electron chi connectivity index (χ1n) is 5.17. The van der Waals surface area contributed by atoms with E-state index < -0.39 is 0 Å². The Kier molecular flexibility index (Phi) is 2.37. The molecule has 3 rings (SSSR count). The topological polar surface area (TPSA) is 13.1 Å². The first-order valence-corrected chi connectivity index (χ1v) is 5.55. The van der Waals surface area contributed by atoms with E-state index in [1.807, 2.05) is 6.07 Å². The minimum atomic E-state index is -0.285. The lowest BCUT2D eigenvalue weighted by atomic mass is 10.0. The van der Waals surface area contributed by atoms with E-state index in [1.54, 1.807) is 36.6 Å². The number of fused-ring (bicyclic) bond motifs is 1. The molecule has 0 bridgehead atoms. The monoisotopic (exact) mass is 246 g/mol. The minimum absolute atomic E-state index is 0.285. The van der Waals surface area contributed by atoms with Gasteiger partial charge in [0, 0.05) is 21.5 Å². The molecule has 1 heterocycles. The fraction of sp³-hybridized carbons (Fsp3) is 0. The molecule has 1 nitrogen and oxygen atoms in total. The normalized spacial score (nSPS) is 10.9. The maximum Gasteiger partial charge on any atom is 0.141 e. The molecule has 3 aromatic rings. The molecule has 0 fully saturated rings. The summed E-state index contributed by atoms with van der Waals surface area (Å²) in [7, 11) is 0. The van der Waals surface area contributed by atoms with Gasteiger partial charge >= 0.3 is 0 Å². The molecule has 0 spiro atoms. The van der Waals surface area contributed by atoms with Crippen LogP contribution < -0.4 is 0 Å². The van der Waals surface area contributed by atoms with Gasteiger partial charge in [-0.05, 0) is 24.3 Å². The Labute approximate surface area is 102 Å². The second-order valence-corrected chi connectivity index (χ2v) is 4.21. The molecule has 0 unspecified atom stereocenters. The van der Waals surface area contributed by atoms with Crippen molar-refractivity contribution in [1.82, 2.24) is 0 Å². The summed E-state index contributed by atoms with van der Waals surface area (Å²) in [4.78, 5) is 0. The molecule has 1 aromatic heterocycles. The van der Waals surface area contributed by atoms with Crippen molar-refractivity contribution in [2.75, 3.05) is 0 Å². The smallest absolute Gasteiger partial charge is 0.141 e. The molecular weight excluding hydrogens is 239 g/mol. The third kappa shape index (κ3) is 1.71. The number of hydrogen-bond donors (Lipinski definition) is 0. The van der Waals surface area contributed by atoms with Crippen LogP contribution in [0.2, 0.25) is 5.02 Å². The van der Waals surface area contributed by atoms with Crippen LogP contribution in [0.15, 0.2) is 53.1 Å². The largest absolute Gasteiger partial charge is 0.464 e. The van der Waals surface area contributed by atoms with E-state index in [1.165, 1.54) is 6.07 Å².